The summed E-state index contributed by atoms with van der Waals surface area (Å²) in [5.41, 5.74) is 15.3. The molecular weight excluding hydrogens is 1060 g/mol. The molecule has 1 nitrogen and oxygen atoms in total. The molecule has 0 aliphatic carbocycles. The molecule has 0 saturated carbocycles. The second-order valence-electron chi connectivity index (χ2n) is 20.8. The second-order valence-corrected chi connectivity index (χ2v) is 34.6. The van der Waals surface area contributed by atoms with Gasteiger partial charge in [-0.05, 0) is 54.9 Å². The van der Waals surface area contributed by atoms with Crippen LogP contribution in [0.3, 0.4) is 0 Å². The van der Waals surface area contributed by atoms with Gasteiger partial charge in [-0.1, -0.05) is 280 Å². The molecule has 0 aromatic heterocycles. The molecule has 12 aromatic rings. The van der Waals surface area contributed by atoms with E-state index in [0.717, 1.165) is 0 Å². The summed E-state index contributed by atoms with van der Waals surface area (Å²) in [6.45, 7) is 13.7. The zero-order valence-electron chi connectivity index (χ0n) is 43.5. The number of hydrogen-bond donors (Lipinski definition) is 0. The maximum Gasteiger partial charge on any atom is -0.00994 e. The number of hydrogen-bond acceptors (Lipinski definition) is 1. The van der Waals surface area contributed by atoms with Crippen LogP contribution in [-0.2, 0) is 20.8 Å². The molecule has 0 unspecified atom stereocenters. The van der Waals surface area contributed by atoms with Crippen molar-refractivity contribution in [3.8, 4) is 66.8 Å². The Morgan fingerprint density at radius 2 is 0.600 bits per heavy atom. The van der Waals surface area contributed by atoms with Gasteiger partial charge in [0.2, 0.25) is 0 Å². The summed E-state index contributed by atoms with van der Waals surface area (Å²) in [5.74, 6) is 0. The minimum Gasteiger partial charge on any atom is -0.144 e. The Kier molecular flexibility index (Phi) is 17.4. The van der Waals surface area contributed by atoms with E-state index in [2.05, 4.69) is 298 Å². The van der Waals surface area contributed by atoms with Gasteiger partial charge in [-0.15, -0.1) is 69.1 Å². The van der Waals surface area contributed by atoms with Crippen LogP contribution >= 0.6 is 17.0 Å². The van der Waals surface area contributed by atoms with Crippen molar-refractivity contribution in [2.45, 2.75) is 39.3 Å². The molecule has 12 aromatic carbocycles. The molecule has 12 rings (SSSR count). The van der Waals surface area contributed by atoms with E-state index >= 15 is 0 Å². The van der Waals surface area contributed by atoms with Gasteiger partial charge in [-0.25, -0.2) is 0 Å². The van der Waals surface area contributed by atoms with Gasteiger partial charge < -0.3 is 4.14 Å². The quantitative estimate of drug-likeness (QED) is 0.108. The molecule has 7 heteroatoms. The summed E-state index contributed by atoms with van der Waals surface area (Å²) < 4.78 is 2.15. The van der Waals surface area contributed by atoms with E-state index < -0.39 is 37.3 Å². The molecule has 0 spiro atoms. The Bertz CT molecular complexity index is 3570. The predicted molar refractivity (Wildman–Crippen MR) is 333 cm³/mol. The minimum absolute atomic E-state index is 0.826. The van der Waals surface area contributed by atoms with E-state index in [-0.39, 0.29) is 0 Å². The fourth-order valence-electron chi connectivity index (χ4n) is 10.4. The van der Waals surface area contributed by atoms with Crippen molar-refractivity contribution in [2.24, 2.45) is 0 Å². The predicted octanol–water partition coefficient (Wildman–Crippen LogP) is 20.8. The maximum absolute atomic E-state index is 5.98. The summed E-state index contributed by atoms with van der Waals surface area (Å²) in [6, 6.07) is 91.8. The van der Waals surface area contributed by atoms with Gasteiger partial charge in [0.15, 0.2) is 7.98 Å². The van der Waals surface area contributed by atoms with E-state index in [9.17, 15) is 0 Å². The summed E-state index contributed by atoms with van der Waals surface area (Å²) in [4.78, 5) is 0. The zero-order valence-corrected chi connectivity index (χ0v) is 49.5. The zero-order chi connectivity index (χ0) is 52.5. The van der Waals surface area contributed by atoms with Crippen LogP contribution in [0, 0.1) is 0 Å². The summed E-state index contributed by atoms with van der Waals surface area (Å²) >= 11 is -0.826. The van der Waals surface area contributed by atoms with Gasteiger partial charge in [-0.3, -0.25) is 0 Å². The fraction of sp³-hybridized carbons (Fsp3) is 0.0882. The Balaban J connectivity index is 0.000000150. The van der Waals surface area contributed by atoms with Crippen LogP contribution in [0.15, 0.2) is 255 Å². The van der Waals surface area contributed by atoms with Gasteiger partial charge >= 0.3 is 37.9 Å². The van der Waals surface area contributed by atoms with Crippen LogP contribution in [0.2, 0.25) is 39.3 Å². The molecule has 0 aliphatic heterocycles. The van der Waals surface area contributed by atoms with Crippen LogP contribution in [-0.4, -0.2) is 28.6 Å². The fourth-order valence-corrected chi connectivity index (χ4v) is 18.4. The normalized spacial score (nSPS) is 11.3. The number of fused-ring (bicyclic) bond motifs is 4. The van der Waals surface area contributed by atoms with Gasteiger partial charge in [-0.2, -0.15) is 0 Å². The summed E-state index contributed by atoms with van der Waals surface area (Å²) in [7, 11) is 13.4. The van der Waals surface area contributed by atoms with Crippen LogP contribution in [0.5, 0.6) is 0 Å². The molecule has 0 saturated heterocycles. The first-order valence-electron chi connectivity index (χ1n) is 25.5. The third-order valence-electron chi connectivity index (χ3n) is 13.8. The average molecular weight is 1120 g/mol. The van der Waals surface area contributed by atoms with E-state index in [0.29, 0.717) is 0 Å². The topological polar surface area (TPSA) is 3.24 Å². The Labute approximate surface area is 466 Å². The first-order valence-corrected chi connectivity index (χ1v) is 38.7. The monoisotopic (exact) mass is 1120 g/mol. The molecular formula is C68H60BCl2NSi2Zr. The molecule has 0 fully saturated rings. The van der Waals surface area contributed by atoms with Gasteiger partial charge in [0, 0.05) is 0 Å². The molecule has 75 heavy (non-hydrogen) atoms. The summed E-state index contributed by atoms with van der Waals surface area (Å²) in [5, 5.41) is 10.3. The van der Waals surface area contributed by atoms with Crippen LogP contribution in [0.4, 0.5) is 0 Å². The van der Waals surface area contributed by atoms with Gasteiger partial charge in [0.25, 0.3) is 0 Å². The molecule has 0 N–H and O–H groups in total. The number of halogens is 2. The average Bonchev–Trinajstić information content (AvgIpc) is 4.09. The van der Waals surface area contributed by atoms with Crippen LogP contribution in [0.25, 0.3) is 110 Å². The molecule has 0 heterocycles. The van der Waals surface area contributed by atoms with Crippen LogP contribution < -0.4 is 0 Å². The van der Waals surface area contributed by atoms with Crippen molar-refractivity contribution in [3.63, 3.8) is 0 Å². The molecule has 0 atom stereocenters. The third kappa shape index (κ3) is 12.4. The standard InChI is InChI=1S/2C31H21.C6H18BNSi2.2ClH.Zr/c2*1-2-10-22(11-3-1)25-20-24-14-9-19-30(31(24)21-25)29-17-7-6-16-28(29)27-18-8-13-23-12-4-5-15-26(23)27;1-9(2,3)8(7)10(4,5)6;;;/h2*1-21H;1-6H3;2*1H;/q2*-1;;;;+4/p-2. The van der Waals surface area contributed by atoms with E-state index in [1.165, 1.54) is 110 Å². The van der Waals surface area contributed by atoms with Gasteiger partial charge in [0.1, 0.15) is 16.5 Å². The largest absolute Gasteiger partial charge is 0.144 e. The van der Waals surface area contributed by atoms with Crippen molar-refractivity contribution in [3.05, 3.63) is 255 Å². The molecule has 0 aliphatic rings. The van der Waals surface area contributed by atoms with E-state index in [4.69, 9.17) is 25.0 Å². The van der Waals surface area contributed by atoms with Crippen molar-refractivity contribution in [2.75, 3.05) is 0 Å². The van der Waals surface area contributed by atoms with Gasteiger partial charge in [0.05, 0.1) is 0 Å². The Morgan fingerprint density at radius 1 is 0.333 bits per heavy atom. The first-order chi connectivity index (χ1) is 36.3. The second kappa shape index (κ2) is 24.2. The number of benzene rings is 10. The van der Waals surface area contributed by atoms with Crippen molar-refractivity contribution in [1.82, 2.24) is 4.14 Å². The minimum atomic E-state index is -1.22. The maximum atomic E-state index is 5.98. The van der Waals surface area contributed by atoms with E-state index in [1.807, 2.05) is 0 Å². The number of nitrogens with zero attached hydrogens (tertiary/aromatic N) is 1. The Hall–Kier alpha value is -6.14. The first kappa shape index (κ1) is 53.7. The van der Waals surface area contributed by atoms with Crippen molar-refractivity contribution >= 4 is 84.6 Å². The smallest absolute Gasteiger partial charge is 0.00994 e. The summed E-state index contributed by atoms with van der Waals surface area (Å²) in [6.07, 6.45) is 0. The molecule has 0 amide bonds. The number of rotatable bonds is 8. The third-order valence-corrected chi connectivity index (χ3v) is 20.7. The van der Waals surface area contributed by atoms with Crippen molar-refractivity contribution in [1.29, 1.82) is 0 Å². The molecule has 366 valence electrons. The SMILES string of the molecule is [B]N([Si](C)(C)C)[Si](C)(C)C.[Cl][Zr+2][Cl].c1ccc(-c2cc3c(-c4ccccc4-c4cccc5ccccc45)cccc3[cH-]2)cc1.c1ccc(-c2cc3c(-c4ccccc4-c4cccc5ccccc45)cccc3[cH-]2)cc1. The van der Waals surface area contributed by atoms with Crippen LogP contribution in [0.1, 0.15) is 0 Å². The molecule has 0 bridgehead atoms. The molecule has 2 radical (unpaired) electrons. The van der Waals surface area contributed by atoms with E-state index in [1.54, 1.807) is 0 Å². The van der Waals surface area contributed by atoms with Crippen molar-refractivity contribution < 1.29 is 20.8 Å². The Morgan fingerprint density at radius 3 is 0.933 bits per heavy atom.